The van der Waals surface area contributed by atoms with E-state index in [-0.39, 0.29) is 11.5 Å². The molecule has 1 aromatic rings. The molecule has 0 radical (unpaired) electrons. The minimum atomic E-state index is -0.0809. The fraction of sp³-hybridized carbons (Fsp3) is 0.643. The summed E-state index contributed by atoms with van der Waals surface area (Å²) >= 11 is 5.74. The Kier molecular flexibility index (Phi) is 5.74. The van der Waals surface area contributed by atoms with Crippen LogP contribution in [0.4, 0.5) is 0 Å². The van der Waals surface area contributed by atoms with Gasteiger partial charge in [0.25, 0.3) is 0 Å². The summed E-state index contributed by atoms with van der Waals surface area (Å²) in [6, 6.07) is 0.219. The molecule has 6 heteroatoms. The monoisotopic (exact) mass is 298 g/mol. The first-order valence-corrected chi connectivity index (χ1v) is 7.08. The number of aryl methyl sites for hydroxylation is 2. The van der Waals surface area contributed by atoms with Crippen LogP contribution in [-0.2, 0) is 0 Å². The second kappa shape index (κ2) is 6.88. The van der Waals surface area contributed by atoms with Crippen molar-refractivity contribution in [3.8, 4) is 0 Å². The molecule has 1 rings (SSSR count). The molecule has 0 aliphatic carbocycles. The van der Waals surface area contributed by atoms with Crippen LogP contribution >= 0.6 is 11.6 Å². The number of nitrogens with one attached hydrogen (secondary N) is 1. The average Bonchev–Trinajstić information content (AvgIpc) is 2.65. The summed E-state index contributed by atoms with van der Waals surface area (Å²) in [6.45, 7) is 10.0. The number of hydrogen-bond acceptors (Lipinski definition) is 4. The number of hydrogen-bond donors (Lipinski definition) is 1. The molecule has 0 saturated heterocycles. The molecule has 1 N–H and O–H groups in total. The summed E-state index contributed by atoms with van der Waals surface area (Å²) < 4.78 is 5.20. The van der Waals surface area contributed by atoms with E-state index in [0.717, 1.165) is 28.6 Å². The Hall–Kier alpha value is -1.36. The third-order valence-electron chi connectivity index (χ3n) is 2.70. The Balaban J connectivity index is 3.00. The summed E-state index contributed by atoms with van der Waals surface area (Å²) in [4.78, 5) is 8.66. The molecule has 0 fully saturated rings. The van der Waals surface area contributed by atoms with E-state index in [1.54, 1.807) is 7.05 Å². The first-order valence-electron chi connectivity index (χ1n) is 6.55. The molecule has 0 aromatic carbocycles. The predicted octanol–water partition coefficient (Wildman–Crippen LogP) is 3.08. The van der Waals surface area contributed by atoms with E-state index >= 15 is 0 Å². The number of aliphatic imine (C=N–C) groups is 2. The van der Waals surface area contributed by atoms with Gasteiger partial charge >= 0.3 is 0 Å². The number of alkyl halides is 1. The molecule has 0 aliphatic heterocycles. The van der Waals surface area contributed by atoms with E-state index in [9.17, 15) is 0 Å². The first kappa shape index (κ1) is 16.7. The number of rotatable bonds is 4. The van der Waals surface area contributed by atoms with Crippen molar-refractivity contribution in [1.29, 1.82) is 0 Å². The normalized spacial score (nSPS) is 13.8. The maximum absolute atomic E-state index is 5.74. The van der Waals surface area contributed by atoms with Crippen molar-refractivity contribution in [3.63, 3.8) is 0 Å². The highest BCUT2D eigenvalue weighted by Gasteiger charge is 2.19. The summed E-state index contributed by atoms with van der Waals surface area (Å²) in [5.74, 6) is 1.58. The average molecular weight is 299 g/mol. The molecule has 0 aliphatic rings. The number of nitrogens with zero attached hydrogens (tertiary/aromatic N) is 3. The van der Waals surface area contributed by atoms with Crippen LogP contribution in [-0.4, -0.2) is 35.3 Å². The van der Waals surface area contributed by atoms with Gasteiger partial charge in [0, 0.05) is 19.0 Å². The highest BCUT2D eigenvalue weighted by atomic mass is 35.5. The molecule has 0 saturated carbocycles. The third kappa shape index (κ3) is 4.63. The Bertz CT molecular complexity index is 492. The van der Waals surface area contributed by atoms with Crippen LogP contribution in [0.5, 0.6) is 0 Å². The molecule has 0 atom stereocenters. The Morgan fingerprint density at radius 2 is 2.00 bits per heavy atom. The van der Waals surface area contributed by atoms with E-state index in [0.29, 0.717) is 6.42 Å². The van der Waals surface area contributed by atoms with Crippen molar-refractivity contribution in [2.45, 2.75) is 46.6 Å². The Morgan fingerprint density at radius 1 is 1.35 bits per heavy atom. The zero-order chi connectivity index (χ0) is 15.3. The lowest BCUT2D eigenvalue weighted by Gasteiger charge is -2.23. The number of amidine groups is 1. The van der Waals surface area contributed by atoms with Crippen LogP contribution in [0.25, 0.3) is 0 Å². The smallest absolute Gasteiger partial charge is 0.142 e. The standard InChI is InChI=1S/C14H23ClN4O/c1-9-13(10(2)20-19-9)11(16-6)7-12(17-8-15)18-14(3,4)5/h7-8H2,1-6H3,(H,17,18). The van der Waals surface area contributed by atoms with Gasteiger partial charge in [0.05, 0.1) is 17.0 Å². The molecule has 20 heavy (non-hydrogen) atoms. The van der Waals surface area contributed by atoms with Gasteiger partial charge in [-0.3, -0.25) is 9.98 Å². The van der Waals surface area contributed by atoms with Gasteiger partial charge in [-0.15, -0.1) is 11.6 Å². The second-order valence-corrected chi connectivity index (χ2v) is 5.88. The zero-order valence-corrected chi connectivity index (χ0v) is 13.8. The quantitative estimate of drug-likeness (QED) is 0.402. The molecule has 112 valence electrons. The first-order chi connectivity index (χ1) is 9.28. The highest BCUT2D eigenvalue weighted by molar-refractivity contribution is 6.19. The van der Waals surface area contributed by atoms with Crippen molar-refractivity contribution in [3.05, 3.63) is 17.0 Å². The summed E-state index contributed by atoms with van der Waals surface area (Å²) in [7, 11) is 1.76. The minimum absolute atomic E-state index is 0.0809. The van der Waals surface area contributed by atoms with Crippen molar-refractivity contribution >= 4 is 23.1 Å². The Labute approximate surface area is 125 Å². The molecule has 1 heterocycles. The Morgan fingerprint density at radius 3 is 2.40 bits per heavy atom. The van der Waals surface area contributed by atoms with Crippen molar-refractivity contribution in [1.82, 2.24) is 10.5 Å². The lowest BCUT2D eigenvalue weighted by atomic mass is 10.0. The lowest BCUT2D eigenvalue weighted by Crippen LogP contribution is -2.41. The van der Waals surface area contributed by atoms with E-state index < -0.39 is 0 Å². The fourth-order valence-electron chi connectivity index (χ4n) is 1.98. The van der Waals surface area contributed by atoms with Crippen molar-refractivity contribution in [2.75, 3.05) is 13.1 Å². The topological polar surface area (TPSA) is 62.8 Å². The van der Waals surface area contributed by atoms with E-state index in [1.807, 2.05) is 13.8 Å². The van der Waals surface area contributed by atoms with E-state index in [4.69, 9.17) is 16.1 Å². The van der Waals surface area contributed by atoms with E-state index in [1.165, 1.54) is 0 Å². The van der Waals surface area contributed by atoms with Gasteiger partial charge in [0.1, 0.15) is 17.6 Å². The minimum Gasteiger partial charge on any atom is -0.369 e. The highest BCUT2D eigenvalue weighted by Crippen LogP contribution is 2.16. The third-order valence-corrected chi connectivity index (χ3v) is 2.82. The van der Waals surface area contributed by atoms with Crippen molar-refractivity contribution < 1.29 is 4.52 Å². The van der Waals surface area contributed by atoms with Gasteiger partial charge in [-0.05, 0) is 34.6 Å². The van der Waals surface area contributed by atoms with Gasteiger partial charge in [0.15, 0.2) is 0 Å². The van der Waals surface area contributed by atoms with Gasteiger partial charge in [-0.2, -0.15) is 0 Å². The van der Waals surface area contributed by atoms with Gasteiger partial charge in [-0.1, -0.05) is 5.16 Å². The summed E-state index contributed by atoms with van der Waals surface area (Å²) in [5, 5.41) is 7.33. The lowest BCUT2D eigenvalue weighted by molar-refractivity contribution is 0.393. The molecule has 0 unspecified atom stereocenters. The maximum Gasteiger partial charge on any atom is 0.142 e. The second-order valence-electron chi connectivity index (χ2n) is 5.65. The maximum atomic E-state index is 5.74. The molecule has 0 bridgehead atoms. The van der Waals surface area contributed by atoms with E-state index in [2.05, 4.69) is 41.2 Å². The van der Waals surface area contributed by atoms with Crippen LogP contribution < -0.4 is 5.32 Å². The fourth-order valence-corrected chi connectivity index (χ4v) is 2.12. The van der Waals surface area contributed by atoms with Crippen LogP contribution in [0, 0.1) is 13.8 Å². The van der Waals surface area contributed by atoms with Gasteiger partial charge in [-0.25, -0.2) is 0 Å². The molecule has 0 amide bonds. The summed E-state index contributed by atoms with van der Waals surface area (Å²) in [5.41, 5.74) is 2.60. The summed E-state index contributed by atoms with van der Waals surface area (Å²) in [6.07, 6.45) is 0.573. The van der Waals surface area contributed by atoms with Crippen LogP contribution in [0.3, 0.4) is 0 Å². The zero-order valence-electron chi connectivity index (χ0n) is 13.0. The van der Waals surface area contributed by atoms with Gasteiger partial charge < -0.3 is 9.84 Å². The number of halogens is 1. The molecule has 0 spiro atoms. The van der Waals surface area contributed by atoms with Crippen LogP contribution in [0.15, 0.2) is 14.5 Å². The molecular formula is C14H23ClN4O. The van der Waals surface area contributed by atoms with Crippen molar-refractivity contribution in [2.24, 2.45) is 9.98 Å². The van der Waals surface area contributed by atoms with Gasteiger partial charge in [0.2, 0.25) is 0 Å². The van der Waals surface area contributed by atoms with Crippen LogP contribution in [0.2, 0.25) is 0 Å². The predicted molar refractivity (Wildman–Crippen MR) is 84.1 cm³/mol. The largest absolute Gasteiger partial charge is 0.369 e. The molecule has 5 nitrogen and oxygen atoms in total. The number of aromatic nitrogens is 1. The molecule has 1 aromatic heterocycles. The molecular weight excluding hydrogens is 276 g/mol. The SMILES string of the molecule is CN=C(CC(=NCCl)NC(C)(C)C)c1c(C)noc1C. The van der Waals surface area contributed by atoms with Crippen LogP contribution in [0.1, 0.15) is 44.2 Å².